The van der Waals surface area contributed by atoms with Crippen LogP contribution in [0.4, 0.5) is 4.79 Å². The van der Waals surface area contributed by atoms with E-state index in [4.69, 9.17) is 4.74 Å². The summed E-state index contributed by atoms with van der Waals surface area (Å²) in [4.78, 5) is 11.5. The normalized spacial score (nSPS) is 11.5. The van der Waals surface area contributed by atoms with Gasteiger partial charge in [-0.25, -0.2) is 4.79 Å². The van der Waals surface area contributed by atoms with Crippen LogP contribution in [-0.2, 0) is 4.74 Å². The summed E-state index contributed by atoms with van der Waals surface area (Å²) in [7, 11) is 0. The number of nitrogens with one attached hydrogen (secondary N) is 1. The van der Waals surface area contributed by atoms with Crippen LogP contribution < -0.4 is 5.32 Å². The molecule has 0 rings (SSSR count). The highest BCUT2D eigenvalue weighted by atomic mass is 16.6. The molecule has 0 spiro atoms. The van der Waals surface area contributed by atoms with Crippen molar-refractivity contribution in [3.05, 3.63) is 0 Å². The van der Waals surface area contributed by atoms with E-state index in [1.54, 1.807) is 0 Å². The zero-order chi connectivity index (χ0) is 19.5. The number of rotatable bonds is 17. The molecule has 3 heteroatoms. The lowest BCUT2D eigenvalue weighted by molar-refractivity contribution is 0.0527. The van der Waals surface area contributed by atoms with Crippen molar-refractivity contribution in [2.24, 2.45) is 0 Å². The van der Waals surface area contributed by atoms with Crippen LogP contribution in [0.5, 0.6) is 0 Å². The largest absolute Gasteiger partial charge is 0.444 e. The van der Waals surface area contributed by atoms with Gasteiger partial charge < -0.3 is 10.1 Å². The molecule has 0 unspecified atom stereocenters. The van der Waals surface area contributed by atoms with E-state index in [1.165, 1.54) is 96.3 Å². The maximum Gasteiger partial charge on any atom is 0.407 e. The first kappa shape index (κ1) is 25.3. The van der Waals surface area contributed by atoms with E-state index in [2.05, 4.69) is 12.2 Å². The number of amides is 1. The van der Waals surface area contributed by atoms with Gasteiger partial charge in [-0.3, -0.25) is 0 Å². The van der Waals surface area contributed by atoms with Crippen molar-refractivity contribution in [1.82, 2.24) is 5.32 Å². The van der Waals surface area contributed by atoms with Gasteiger partial charge in [0.1, 0.15) is 5.60 Å². The highest BCUT2D eigenvalue weighted by molar-refractivity contribution is 5.67. The number of hydrogen-bond donors (Lipinski definition) is 1. The Morgan fingerprint density at radius 3 is 1.35 bits per heavy atom. The first-order valence-electron chi connectivity index (χ1n) is 11.4. The molecule has 0 heterocycles. The molecule has 0 aliphatic heterocycles. The fourth-order valence-corrected chi connectivity index (χ4v) is 3.18. The summed E-state index contributed by atoms with van der Waals surface area (Å²) < 4.78 is 5.22. The topological polar surface area (TPSA) is 38.3 Å². The van der Waals surface area contributed by atoms with Crippen LogP contribution in [0, 0.1) is 0 Å². The van der Waals surface area contributed by atoms with Gasteiger partial charge in [0.05, 0.1) is 0 Å². The maximum absolute atomic E-state index is 11.5. The molecule has 0 aliphatic rings. The van der Waals surface area contributed by atoms with E-state index in [-0.39, 0.29) is 6.09 Å². The summed E-state index contributed by atoms with van der Waals surface area (Å²) in [5, 5.41) is 2.83. The van der Waals surface area contributed by atoms with Gasteiger partial charge in [-0.2, -0.15) is 0 Å². The van der Waals surface area contributed by atoms with Gasteiger partial charge in [0.25, 0.3) is 0 Å². The van der Waals surface area contributed by atoms with Gasteiger partial charge in [0, 0.05) is 6.54 Å². The Labute approximate surface area is 164 Å². The molecule has 3 nitrogen and oxygen atoms in total. The molecule has 0 saturated carbocycles. The van der Waals surface area contributed by atoms with Crippen LogP contribution in [0.2, 0.25) is 0 Å². The van der Waals surface area contributed by atoms with Gasteiger partial charge in [-0.1, -0.05) is 103 Å². The van der Waals surface area contributed by atoms with Gasteiger partial charge >= 0.3 is 6.09 Å². The Kier molecular flexibility index (Phi) is 17.2. The second-order valence-corrected chi connectivity index (χ2v) is 8.73. The van der Waals surface area contributed by atoms with Crippen LogP contribution in [-0.4, -0.2) is 18.2 Å². The Morgan fingerprint density at radius 2 is 1.00 bits per heavy atom. The van der Waals surface area contributed by atoms with Gasteiger partial charge in [-0.15, -0.1) is 0 Å². The lowest BCUT2D eigenvalue weighted by Crippen LogP contribution is -2.32. The fraction of sp³-hybridized carbons (Fsp3) is 0.957. The highest BCUT2D eigenvalue weighted by Crippen LogP contribution is 2.13. The van der Waals surface area contributed by atoms with Crippen molar-refractivity contribution in [3.63, 3.8) is 0 Å². The van der Waals surface area contributed by atoms with Crippen molar-refractivity contribution in [3.8, 4) is 0 Å². The molecule has 0 atom stereocenters. The van der Waals surface area contributed by atoms with Gasteiger partial charge in [0.15, 0.2) is 0 Å². The zero-order valence-corrected chi connectivity index (χ0v) is 18.3. The Balaban J connectivity index is 3.12. The molecule has 0 saturated heterocycles. The van der Waals surface area contributed by atoms with E-state index in [0.717, 1.165) is 13.0 Å². The van der Waals surface area contributed by atoms with Gasteiger partial charge in [-0.05, 0) is 27.2 Å². The summed E-state index contributed by atoms with van der Waals surface area (Å²) in [6, 6.07) is 0. The second kappa shape index (κ2) is 17.7. The number of carbonyl (C=O) groups excluding carboxylic acids is 1. The van der Waals surface area contributed by atoms with Crippen molar-refractivity contribution >= 4 is 6.09 Å². The van der Waals surface area contributed by atoms with E-state index < -0.39 is 5.60 Å². The van der Waals surface area contributed by atoms with Crippen molar-refractivity contribution in [2.75, 3.05) is 6.54 Å². The minimum absolute atomic E-state index is 0.293. The van der Waals surface area contributed by atoms with Crippen LogP contribution >= 0.6 is 0 Å². The third-order valence-corrected chi connectivity index (χ3v) is 4.70. The fourth-order valence-electron chi connectivity index (χ4n) is 3.18. The summed E-state index contributed by atoms with van der Waals surface area (Å²) >= 11 is 0. The van der Waals surface area contributed by atoms with Crippen molar-refractivity contribution in [2.45, 2.75) is 136 Å². The predicted octanol–water partition coefficient (Wildman–Crippen LogP) is 7.77. The van der Waals surface area contributed by atoms with Crippen LogP contribution in [0.3, 0.4) is 0 Å². The zero-order valence-electron chi connectivity index (χ0n) is 18.3. The number of unbranched alkanes of at least 4 members (excludes halogenated alkanes) is 15. The number of alkyl carbamates (subject to hydrolysis) is 1. The molecule has 1 N–H and O–H groups in total. The smallest absolute Gasteiger partial charge is 0.407 e. The Hall–Kier alpha value is -0.730. The second-order valence-electron chi connectivity index (χ2n) is 8.73. The minimum atomic E-state index is -0.404. The molecule has 156 valence electrons. The summed E-state index contributed by atoms with van der Waals surface area (Å²) in [6.45, 7) is 8.68. The molecule has 0 aliphatic carbocycles. The van der Waals surface area contributed by atoms with E-state index in [0.29, 0.717) is 0 Å². The quantitative estimate of drug-likeness (QED) is 0.266. The third-order valence-electron chi connectivity index (χ3n) is 4.70. The lowest BCUT2D eigenvalue weighted by atomic mass is 10.0. The standard InChI is InChI=1S/C23H47NO2/c1-5-6-7-8-9-10-11-12-13-14-15-16-17-18-19-20-21-24-22(25)26-23(2,3)4/h5-21H2,1-4H3,(H,24,25). The molecule has 0 fully saturated rings. The molecule has 0 bridgehead atoms. The Bertz CT molecular complexity index is 310. The molecular weight excluding hydrogens is 322 g/mol. The van der Waals surface area contributed by atoms with Crippen LogP contribution in [0.1, 0.15) is 130 Å². The summed E-state index contributed by atoms with van der Waals surface area (Å²) in [6.07, 6.45) is 21.6. The third kappa shape index (κ3) is 21.3. The average molecular weight is 370 g/mol. The SMILES string of the molecule is CCCCCCCCCCCCCCCCCCNC(=O)OC(C)(C)C. The number of ether oxygens (including phenoxy) is 1. The van der Waals surface area contributed by atoms with E-state index in [9.17, 15) is 4.79 Å². The monoisotopic (exact) mass is 369 g/mol. The molecule has 0 aromatic heterocycles. The molecule has 0 radical (unpaired) electrons. The average Bonchev–Trinajstić information content (AvgIpc) is 2.56. The first-order chi connectivity index (χ1) is 12.5. The molecule has 26 heavy (non-hydrogen) atoms. The van der Waals surface area contributed by atoms with Crippen molar-refractivity contribution in [1.29, 1.82) is 0 Å². The van der Waals surface area contributed by atoms with Crippen LogP contribution in [0.25, 0.3) is 0 Å². The lowest BCUT2D eigenvalue weighted by Gasteiger charge is -2.19. The molecular formula is C23H47NO2. The predicted molar refractivity (Wildman–Crippen MR) is 114 cm³/mol. The summed E-state index contributed by atoms with van der Waals surface area (Å²) in [5.41, 5.74) is -0.404. The maximum atomic E-state index is 11.5. The molecule has 1 amide bonds. The van der Waals surface area contributed by atoms with E-state index in [1.807, 2.05) is 20.8 Å². The number of hydrogen-bond acceptors (Lipinski definition) is 2. The minimum Gasteiger partial charge on any atom is -0.444 e. The highest BCUT2D eigenvalue weighted by Gasteiger charge is 2.15. The molecule has 0 aromatic carbocycles. The van der Waals surface area contributed by atoms with Gasteiger partial charge in [0.2, 0.25) is 0 Å². The first-order valence-corrected chi connectivity index (χ1v) is 11.4. The summed E-state index contributed by atoms with van der Waals surface area (Å²) in [5.74, 6) is 0. The molecule has 0 aromatic rings. The van der Waals surface area contributed by atoms with Crippen molar-refractivity contribution < 1.29 is 9.53 Å². The van der Waals surface area contributed by atoms with Crippen LogP contribution in [0.15, 0.2) is 0 Å². The number of carbonyl (C=O) groups is 1. The van der Waals surface area contributed by atoms with E-state index >= 15 is 0 Å². The Morgan fingerprint density at radius 1 is 0.654 bits per heavy atom.